The highest BCUT2D eigenvalue weighted by Crippen LogP contribution is 2.33. The molecule has 2 aliphatic heterocycles. The van der Waals surface area contributed by atoms with Gasteiger partial charge in [0.15, 0.2) is 0 Å². The van der Waals surface area contributed by atoms with E-state index in [1.54, 1.807) is 0 Å². The third-order valence-corrected chi connectivity index (χ3v) is 7.24. The van der Waals surface area contributed by atoms with Crippen molar-refractivity contribution in [3.8, 4) is 0 Å². The highest BCUT2D eigenvalue weighted by Gasteiger charge is 2.46. The maximum Gasteiger partial charge on any atom is 0.416 e. The van der Waals surface area contributed by atoms with Gasteiger partial charge in [0, 0.05) is 13.1 Å². The monoisotopic (exact) mass is 419 g/mol. The summed E-state index contributed by atoms with van der Waals surface area (Å²) in [5.41, 5.74) is -1.51. The second kappa shape index (κ2) is 7.03. The summed E-state index contributed by atoms with van der Waals surface area (Å²) in [6.45, 7) is 1.74. The number of alkyl halides is 3. The Morgan fingerprint density at radius 3 is 2.18 bits per heavy atom. The molecule has 3 amide bonds. The number of imide groups is 1. The van der Waals surface area contributed by atoms with Crippen molar-refractivity contribution in [2.24, 2.45) is 0 Å². The summed E-state index contributed by atoms with van der Waals surface area (Å²) < 4.78 is 64.6. The van der Waals surface area contributed by atoms with Gasteiger partial charge in [-0.05, 0) is 43.4 Å². The highest BCUT2D eigenvalue weighted by molar-refractivity contribution is 7.89. The fraction of sp³-hybridized carbons (Fsp3) is 0.529. The van der Waals surface area contributed by atoms with Crippen molar-refractivity contribution in [1.82, 2.24) is 14.9 Å². The van der Waals surface area contributed by atoms with E-state index in [2.05, 4.69) is 5.32 Å². The van der Waals surface area contributed by atoms with Crippen LogP contribution >= 0.6 is 0 Å². The first kappa shape index (κ1) is 20.6. The van der Waals surface area contributed by atoms with E-state index in [0.29, 0.717) is 12.8 Å². The Hall–Kier alpha value is -2.14. The van der Waals surface area contributed by atoms with Crippen molar-refractivity contribution in [1.29, 1.82) is 0 Å². The number of hydrogen-bond acceptors (Lipinski definition) is 4. The summed E-state index contributed by atoms with van der Waals surface area (Å²) in [4.78, 5) is 23.1. The first-order chi connectivity index (χ1) is 12.9. The Labute approximate surface area is 160 Å². The summed E-state index contributed by atoms with van der Waals surface area (Å²) in [5.74, 6) is -1.29. The third kappa shape index (κ3) is 4.14. The zero-order valence-electron chi connectivity index (χ0n) is 15.0. The zero-order chi connectivity index (χ0) is 20.7. The van der Waals surface area contributed by atoms with Gasteiger partial charge < -0.3 is 5.32 Å². The summed E-state index contributed by atoms with van der Waals surface area (Å²) in [7, 11) is -3.80. The van der Waals surface area contributed by atoms with Crippen LogP contribution in [0.5, 0.6) is 0 Å². The van der Waals surface area contributed by atoms with Crippen LogP contribution in [0, 0.1) is 0 Å². The molecule has 2 aliphatic rings. The molecular formula is C17H20F3N3O4S. The Kier molecular flexibility index (Phi) is 5.17. The van der Waals surface area contributed by atoms with Crippen LogP contribution in [0.1, 0.15) is 36.8 Å². The molecule has 7 nitrogen and oxygen atoms in total. The number of rotatable bonds is 4. The summed E-state index contributed by atoms with van der Waals surface area (Å²) >= 11 is 0. The molecule has 154 valence electrons. The largest absolute Gasteiger partial charge is 0.416 e. The Bertz CT molecular complexity index is 878. The fourth-order valence-corrected chi connectivity index (χ4v) is 5.43. The normalized spacial score (nSPS) is 24.9. The van der Waals surface area contributed by atoms with Crippen molar-refractivity contribution in [3.05, 3.63) is 35.4 Å². The number of sulfonamides is 1. The maximum atomic E-state index is 12.7. The van der Waals surface area contributed by atoms with Gasteiger partial charge in [0.1, 0.15) is 5.54 Å². The lowest BCUT2D eigenvalue weighted by Gasteiger charge is -2.33. The van der Waals surface area contributed by atoms with Crippen LogP contribution in [0.4, 0.5) is 18.0 Å². The van der Waals surface area contributed by atoms with E-state index in [9.17, 15) is 31.2 Å². The number of benzene rings is 1. The minimum atomic E-state index is -4.39. The van der Waals surface area contributed by atoms with Gasteiger partial charge in [0.05, 0.1) is 11.3 Å². The van der Waals surface area contributed by atoms with E-state index < -0.39 is 45.0 Å². The van der Waals surface area contributed by atoms with Gasteiger partial charge in [0.2, 0.25) is 10.0 Å². The molecule has 2 heterocycles. The van der Waals surface area contributed by atoms with E-state index in [1.807, 2.05) is 5.32 Å². The Balaban J connectivity index is 1.63. The number of hydrogen-bond donors (Lipinski definition) is 2. The van der Waals surface area contributed by atoms with Gasteiger partial charge in [-0.2, -0.15) is 13.2 Å². The number of piperidine rings is 1. The van der Waals surface area contributed by atoms with Crippen molar-refractivity contribution in [2.75, 3.05) is 18.8 Å². The molecule has 3 rings (SSSR count). The molecule has 0 saturated carbocycles. The van der Waals surface area contributed by atoms with Gasteiger partial charge in [-0.15, -0.1) is 0 Å². The Morgan fingerprint density at radius 2 is 1.71 bits per heavy atom. The minimum Gasteiger partial charge on any atom is -0.322 e. The molecule has 2 N–H and O–H groups in total. The number of amides is 3. The molecule has 0 radical (unpaired) electrons. The predicted molar refractivity (Wildman–Crippen MR) is 93.9 cm³/mol. The third-order valence-electron chi connectivity index (χ3n) is 5.15. The maximum absolute atomic E-state index is 12.7. The number of urea groups is 1. The average molecular weight is 419 g/mol. The van der Waals surface area contributed by atoms with Crippen LogP contribution in [0.15, 0.2) is 24.3 Å². The fourth-order valence-electron chi connectivity index (χ4n) is 3.55. The van der Waals surface area contributed by atoms with Crippen molar-refractivity contribution >= 4 is 22.0 Å². The zero-order valence-corrected chi connectivity index (χ0v) is 15.9. The molecule has 0 aliphatic carbocycles. The second-order valence-electron chi connectivity index (χ2n) is 7.29. The molecule has 28 heavy (non-hydrogen) atoms. The number of carbonyl (C=O) groups excluding carboxylic acids is 2. The van der Waals surface area contributed by atoms with Crippen molar-refractivity contribution < 1.29 is 31.2 Å². The molecule has 0 spiro atoms. The van der Waals surface area contributed by atoms with Crippen LogP contribution in [0.2, 0.25) is 0 Å². The summed E-state index contributed by atoms with van der Waals surface area (Å²) in [6.07, 6.45) is -3.48. The number of carbonyl (C=O) groups is 2. The van der Waals surface area contributed by atoms with E-state index in [-0.39, 0.29) is 19.0 Å². The number of halogens is 3. The molecule has 1 aromatic carbocycles. The van der Waals surface area contributed by atoms with Gasteiger partial charge in [0.25, 0.3) is 5.91 Å². The van der Waals surface area contributed by atoms with E-state index >= 15 is 0 Å². The highest BCUT2D eigenvalue weighted by atomic mass is 32.2. The van der Waals surface area contributed by atoms with Crippen LogP contribution in [-0.2, 0) is 21.0 Å². The predicted octanol–water partition coefficient (Wildman–Crippen LogP) is 1.81. The lowest BCUT2D eigenvalue weighted by Crippen LogP contribution is -2.53. The van der Waals surface area contributed by atoms with Gasteiger partial charge in [-0.25, -0.2) is 17.5 Å². The quantitative estimate of drug-likeness (QED) is 0.728. The lowest BCUT2D eigenvalue weighted by atomic mass is 9.90. The standard InChI is InChI=1S/C17H20F3N3O4S/c1-16(14(24)21-15(25)22-16)10-28(26,27)23-8-6-12(7-9-23)11-2-4-13(5-3-11)17(18,19)20/h2-5,12H,6-10H2,1H3,(H2,21,22,24,25)/t16-/m1/s1. The van der Waals surface area contributed by atoms with Crippen LogP contribution < -0.4 is 10.6 Å². The molecule has 2 fully saturated rings. The minimum absolute atomic E-state index is 0.0428. The van der Waals surface area contributed by atoms with E-state index in [4.69, 9.17) is 0 Å². The topological polar surface area (TPSA) is 95.6 Å². The average Bonchev–Trinajstić information content (AvgIpc) is 2.85. The SMILES string of the molecule is C[C@]1(CS(=O)(=O)N2CCC(c3ccc(C(F)(F)F)cc3)CC2)NC(=O)NC1=O. The van der Waals surface area contributed by atoms with Crippen LogP contribution in [0.25, 0.3) is 0 Å². The lowest BCUT2D eigenvalue weighted by molar-refractivity contribution is -0.137. The summed E-state index contributed by atoms with van der Waals surface area (Å²) in [5, 5.41) is 4.35. The van der Waals surface area contributed by atoms with E-state index in [1.165, 1.54) is 23.4 Å². The smallest absolute Gasteiger partial charge is 0.322 e. The molecule has 1 atom stereocenters. The van der Waals surface area contributed by atoms with Gasteiger partial charge in [-0.1, -0.05) is 12.1 Å². The second-order valence-corrected chi connectivity index (χ2v) is 9.26. The van der Waals surface area contributed by atoms with Crippen LogP contribution in [-0.4, -0.2) is 49.0 Å². The molecule has 0 unspecified atom stereocenters. The molecule has 2 saturated heterocycles. The van der Waals surface area contributed by atoms with Crippen molar-refractivity contribution in [2.45, 2.75) is 37.4 Å². The van der Waals surface area contributed by atoms with Crippen molar-refractivity contribution in [3.63, 3.8) is 0 Å². The Morgan fingerprint density at radius 1 is 1.14 bits per heavy atom. The molecular weight excluding hydrogens is 399 g/mol. The van der Waals surface area contributed by atoms with E-state index in [0.717, 1.165) is 17.7 Å². The number of nitrogens with zero attached hydrogens (tertiary/aromatic N) is 1. The number of nitrogens with one attached hydrogen (secondary N) is 2. The first-order valence-corrected chi connectivity index (χ1v) is 10.3. The summed E-state index contributed by atoms with van der Waals surface area (Å²) in [6, 6.07) is 4.18. The molecule has 1 aromatic rings. The first-order valence-electron chi connectivity index (χ1n) is 8.69. The molecule has 0 bridgehead atoms. The van der Waals surface area contributed by atoms with Gasteiger partial charge >= 0.3 is 12.2 Å². The van der Waals surface area contributed by atoms with Crippen LogP contribution in [0.3, 0.4) is 0 Å². The van der Waals surface area contributed by atoms with Gasteiger partial charge in [-0.3, -0.25) is 10.1 Å². The molecule has 11 heteroatoms. The molecule has 0 aromatic heterocycles.